The van der Waals surface area contributed by atoms with Gasteiger partial charge in [-0.1, -0.05) is 62.8 Å². The van der Waals surface area contributed by atoms with Gasteiger partial charge in [-0.05, 0) is 49.5 Å². The summed E-state index contributed by atoms with van der Waals surface area (Å²) in [5, 5.41) is 8.82. The Hall–Kier alpha value is -3.72. The van der Waals surface area contributed by atoms with Crippen LogP contribution in [0.1, 0.15) is 56.7 Å². The van der Waals surface area contributed by atoms with Crippen molar-refractivity contribution in [2.24, 2.45) is 5.10 Å². The summed E-state index contributed by atoms with van der Waals surface area (Å²) in [7, 11) is 0. The molecule has 2 aromatic carbocycles. The number of hydrogen-bond donors (Lipinski definition) is 1. The van der Waals surface area contributed by atoms with E-state index < -0.39 is 47.5 Å². The number of carbonyl (C=O) groups excluding carboxylic acids is 1. The van der Waals surface area contributed by atoms with E-state index in [2.05, 4.69) is 35.8 Å². The molecule has 0 radical (unpaired) electrons. The molecule has 0 amide bonds. The lowest BCUT2D eigenvalue weighted by atomic mass is 10.0. The van der Waals surface area contributed by atoms with Gasteiger partial charge >= 0.3 is 0 Å². The molecular formula is C31H37F4N3O2. The molecular weight excluding hydrogens is 522 g/mol. The molecule has 2 rings (SSSR count). The number of ether oxygens (including phenoxy) is 1. The second kappa shape index (κ2) is 15.8. The Morgan fingerprint density at radius 3 is 2.45 bits per heavy atom. The van der Waals surface area contributed by atoms with Crippen LogP contribution >= 0.6 is 0 Å². The third kappa shape index (κ3) is 8.91. The second-order valence-corrected chi connectivity index (χ2v) is 9.49. The van der Waals surface area contributed by atoms with Crippen LogP contribution in [0.15, 0.2) is 59.9 Å². The normalized spacial score (nSPS) is 13.2. The first-order valence-electron chi connectivity index (χ1n) is 13.1. The SMILES string of the molecule is C=C/C=C\c1cc(CNC(C)/C(C)=C/N(N=C)C(CCCC)C(=O)COc2c(F)c(F)cc(F)c2F)ccc1C. The lowest BCUT2D eigenvalue weighted by molar-refractivity contribution is -0.125. The molecule has 9 heteroatoms. The first-order valence-corrected chi connectivity index (χ1v) is 13.1. The number of aryl methyl sites for hydroxylation is 1. The second-order valence-electron chi connectivity index (χ2n) is 9.49. The molecule has 5 nitrogen and oxygen atoms in total. The first-order chi connectivity index (χ1) is 19.0. The molecule has 0 heterocycles. The molecule has 0 spiro atoms. The van der Waals surface area contributed by atoms with Crippen LogP contribution < -0.4 is 10.1 Å². The fraction of sp³-hybridized carbons (Fsp3) is 0.355. The highest BCUT2D eigenvalue weighted by atomic mass is 19.2. The Morgan fingerprint density at radius 1 is 1.18 bits per heavy atom. The highest BCUT2D eigenvalue weighted by Gasteiger charge is 2.27. The fourth-order valence-electron chi connectivity index (χ4n) is 3.89. The van der Waals surface area contributed by atoms with Gasteiger partial charge in [-0.25, -0.2) is 8.78 Å². The average molecular weight is 560 g/mol. The fourth-order valence-corrected chi connectivity index (χ4v) is 3.89. The van der Waals surface area contributed by atoms with E-state index in [-0.39, 0.29) is 12.1 Å². The standard InChI is InChI=1S/C31H37F4N3O2/c1-7-9-11-24-15-23(14-13-20(24)3)17-37-22(5)21(4)18-38(36-6)27(12-10-8-2)28(39)19-40-31-29(34)25(32)16-26(33)30(31)35/h7,9,11,13-16,18,22,27,37H,1,6,8,10,12,17,19H2,2-5H3/b11-9-,21-18+. The third-order valence-electron chi connectivity index (χ3n) is 6.50. The van der Waals surface area contributed by atoms with Gasteiger partial charge in [0.05, 0.1) is 0 Å². The average Bonchev–Trinajstić information content (AvgIpc) is 2.94. The maximum absolute atomic E-state index is 14.0. The summed E-state index contributed by atoms with van der Waals surface area (Å²) in [5.41, 5.74) is 4.19. The summed E-state index contributed by atoms with van der Waals surface area (Å²) in [6.45, 7) is 14.9. The van der Waals surface area contributed by atoms with Crippen LogP contribution in [0.2, 0.25) is 0 Å². The summed E-state index contributed by atoms with van der Waals surface area (Å²) < 4.78 is 60.0. The molecule has 0 aromatic heterocycles. The predicted octanol–water partition coefficient (Wildman–Crippen LogP) is 7.26. The molecule has 2 unspecified atom stereocenters. The summed E-state index contributed by atoms with van der Waals surface area (Å²) in [6.07, 6.45) is 9.07. The molecule has 2 atom stereocenters. The molecule has 40 heavy (non-hydrogen) atoms. The van der Waals surface area contributed by atoms with Crippen LogP contribution in [0, 0.1) is 30.2 Å². The maximum atomic E-state index is 14.0. The molecule has 1 N–H and O–H groups in total. The molecule has 216 valence electrons. The quantitative estimate of drug-likeness (QED) is 0.0774. The Balaban J connectivity index is 2.15. The van der Waals surface area contributed by atoms with Gasteiger partial charge in [0.15, 0.2) is 23.2 Å². The minimum atomic E-state index is -1.71. The lowest BCUT2D eigenvalue weighted by Gasteiger charge is -2.27. The van der Waals surface area contributed by atoms with Crippen LogP contribution in [-0.2, 0) is 11.3 Å². The van der Waals surface area contributed by atoms with Crippen molar-refractivity contribution in [1.82, 2.24) is 10.3 Å². The zero-order chi connectivity index (χ0) is 29.8. The number of nitrogens with zero attached hydrogens (tertiary/aromatic N) is 2. The number of Topliss-reactive ketones (excluding diaryl/α,β-unsaturated/α-hetero) is 1. The Morgan fingerprint density at radius 2 is 1.85 bits per heavy atom. The largest absolute Gasteiger partial charge is 0.479 e. The zero-order valence-corrected chi connectivity index (χ0v) is 23.4. The molecule has 0 saturated carbocycles. The van der Waals surface area contributed by atoms with Crippen LogP contribution in [0.5, 0.6) is 5.75 Å². The maximum Gasteiger partial charge on any atom is 0.203 e. The van der Waals surface area contributed by atoms with E-state index in [0.717, 1.165) is 28.7 Å². The molecule has 0 aliphatic heterocycles. The van der Waals surface area contributed by atoms with E-state index in [0.29, 0.717) is 19.4 Å². The van der Waals surface area contributed by atoms with Crippen LogP contribution in [0.3, 0.4) is 0 Å². The number of hydrogen-bond acceptors (Lipinski definition) is 5. The highest BCUT2D eigenvalue weighted by Crippen LogP contribution is 2.27. The number of benzene rings is 2. The molecule has 0 bridgehead atoms. The van der Waals surface area contributed by atoms with E-state index >= 15 is 0 Å². The summed E-state index contributed by atoms with van der Waals surface area (Å²) >= 11 is 0. The topological polar surface area (TPSA) is 53.9 Å². The van der Waals surface area contributed by atoms with Gasteiger partial charge in [0.2, 0.25) is 11.6 Å². The Bertz CT molecular complexity index is 1230. The molecule has 0 aliphatic carbocycles. The van der Waals surface area contributed by atoms with Gasteiger partial charge in [-0.2, -0.15) is 13.9 Å². The number of ketones is 1. The van der Waals surface area contributed by atoms with Crippen molar-refractivity contribution in [2.45, 2.75) is 65.6 Å². The monoisotopic (exact) mass is 559 g/mol. The van der Waals surface area contributed by atoms with Crippen molar-refractivity contribution in [3.05, 3.63) is 94.7 Å². The number of carbonyl (C=O) groups is 1. The number of hydrazone groups is 1. The van der Waals surface area contributed by atoms with E-state index in [1.165, 1.54) is 5.01 Å². The summed E-state index contributed by atoms with van der Waals surface area (Å²) in [6, 6.07) is 5.31. The number of halogens is 4. The van der Waals surface area contributed by atoms with E-state index in [1.807, 2.05) is 45.9 Å². The van der Waals surface area contributed by atoms with Crippen molar-refractivity contribution in [1.29, 1.82) is 0 Å². The minimum Gasteiger partial charge on any atom is -0.479 e. The van der Waals surface area contributed by atoms with Gasteiger partial charge in [0, 0.05) is 31.6 Å². The molecule has 0 fully saturated rings. The number of nitrogens with one attached hydrogen (secondary N) is 1. The molecule has 0 saturated heterocycles. The van der Waals surface area contributed by atoms with Crippen molar-refractivity contribution in [2.75, 3.05) is 6.61 Å². The predicted molar refractivity (Wildman–Crippen MR) is 152 cm³/mol. The summed E-state index contributed by atoms with van der Waals surface area (Å²) in [5.74, 6) is -8.50. The van der Waals surface area contributed by atoms with Gasteiger partial charge in [0.1, 0.15) is 12.6 Å². The zero-order valence-electron chi connectivity index (χ0n) is 23.4. The Kier molecular flexibility index (Phi) is 12.8. The third-order valence-corrected chi connectivity index (χ3v) is 6.50. The number of rotatable bonds is 16. The molecule has 0 aliphatic rings. The smallest absolute Gasteiger partial charge is 0.203 e. The van der Waals surface area contributed by atoms with Crippen molar-refractivity contribution in [3.63, 3.8) is 0 Å². The van der Waals surface area contributed by atoms with Crippen molar-refractivity contribution in [3.8, 4) is 5.75 Å². The summed E-state index contributed by atoms with van der Waals surface area (Å²) in [4.78, 5) is 13.1. The number of allylic oxidation sites excluding steroid dienone is 2. The lowest BCUT2D eigenvalue weighted by Crippen LogP contribution is -2.38. The van der Waals surface area contributed by atoms with Crippen molar-refractivity contribution >= 4 is 18.6 Å². The molecule has 2 aromatic rings. The van der Waals surface area contributed by atoms with E-state index in [9.17, 15) is 22.4 Å². The highest BCUT2D eigenvalue weighted by molar-refractivity contribution is 5.85. The van der Waals surface area contributed by atoms with Crippen LogP contribution in [-0.4, -0.2) is 36.2 Å². The van der Waals surface area contributed by atoms with E-state index in [1.54, 1.807) is 12.3 Å². The van der Waals surface area contributed by atoms with Crippen LogP contribution in [0.25, 0.3) is 6.08 Å². The van der Waals surface area contributed by atoms with Gasteiger partial charge < -0.3 is 10.1 Å². The number of unbranched alkanes of at least 4 members (excludes halogenated alkanes) is 1. The van der Waals surface area contributed by atoms with Crippen molar-refractivity contribution < 1.29 is 27.1 Å². The van der Waals surface area contributed by atoms with Gasteiger partial charge in [-0.3, -0.25) is 9.80 Å². The Labute approximate surface area is 233 Å². The van der Waals surface area contributed by atoms with E-state index in [4.69, 9.17) is 4.74 Å². The minimum absolute atomic E-state index is 0.0766. The first kappa shape index (κ1) is 32.5. The van der Waals surface area contributed by atoms with Gasteiger partial charge in [0.25, 0.3) is 0 Å². The van der Waals surface area contributed by atoms with Gasteiger partial charge in [-0.15, -0.1) is 0 Å². The van der Waals surface area contributed by atoms with Crippen LogP contribution in [0.4, 0.5) is 17.6 Å².